The Morgan fingerprint density at radius 1 is 1.50 bits per heavy atom. The minimum Gasteiger partial charge on any atom is -0.468 e. The van der Waals surface area contributed by atoms with Crippen LogP contribution in [0.25, 0.3) is 0 Å². The number of ether oxygens (including phenoxy) is 1. The molecule has 0 aromatic carbocycles. The summed E-state index contributed by atoms with van der Waals surface area (Å²) in [6, 6.07) is 3.92. The summed E-state index contributed by atoms with van der Waals surface area (Å²) >= 11 is 2.15. The molecule has 6 heteroatoms. The number of hydrogen-bond acceptors (Lipinski definition) is 5. The van der Waals surface area contributed by atoms with Crippen LogP contribution in [-0.2, 0) is 9.53 Å². The molecule has 0 aliphatic heterocycles. The quantitative estimate of drug-likeness (QED) is 0.566. The van der Waals surface area contributed by atoms with E-state index in [-0.39, 0.29) is 18.6 Å². The smallest absolute Gasteiger partial charge is 0.319 e. The predicted octanol–water partition coefficient (Wildman–Crippen LogP) is 2.44. The van der Waals surface area contributed by atoms with Crippen LogP contribution in [-0.4, -0.2) is 44.2 Å². The molecule has 2 rings (SSSR count). The SMILES string of the molecule is [2H]C([2H])([2H])N(CC1CCC(NCC(=O)OC)CC1)c1ccc(I)cn1. The average Bonchev–Trinajstić information content (AvgIpc) is 2.58. The van der Waals surface area contributed by atoms with Gasteiger partial charge in [0, 0.05) is 33.4 Å². The van der Waals surface area contributed by atoms with Gasteiger partial charge in [-0.2, -0.15) is 0 Å². The highest BCUT2D eigenvalue weighted by Crippen LogP contribution is 2.26. The zero-order valence-electron chi connectivity index (χ0n) is 15.7. The van der Waals surface area contributed by atoms with Gasteiger partial charge in [0.25, 0.3) is 0 Å². The van der Waals surface area contributed by atoms with Crippen LogP contribution < -0.4 is 10.2 Å². The van der Waals surface area contributed by atoms with E-state index in [9.17, 15) is 4.79 Å². The van der Waals surface area contributed by atoms with E-state index < -0.39 is 6.98 Å². The Morgan fingerprint density at radius 2 is 2.27 bits per heavy atom. The van der Waals surface area contributed by atoms with Crippen LogP contribution >= 0.6 is 22.6 Å². The van der Waals surface area contributed by atoms with Crippen molar-refractivity contribution in [2.24, 2.45) is 5.92 Å². The van der Waals surface area contributed by atoms with Crippen LogP contribution in [0.3, 0.4) is 0 Å². The third-order valence-corrected chi connectivity index (χ3v) is 4.68. The normalized spacial score (nSPS) is 24.0. The van der Waals surface area contributed by atoms with E-state index in [2.05, 4.69) is 37.6 Å². The highest BCUT2D eigenvalue weighted by Gasteiger charge is 2.22. The second-order valence-electron chi connectivity index (χ2n) is 5.62. The van der Waals surface area contributed by atoms with Gasteiger partial charge in [0.2, 0.25) is 0 Å². The molecule has 0 amide bonds. The number of carbonyl (C=O) groups excluding carboxylic acids is 1. The highest BCUT2D eigenvalue weighted by atomic mass is 127. The molecular weight excluding hydrogens is 393 g/mol. The minimum absolute atomic E-state index is 0.222. The zero-order chi connectivity index (χ0) is 18.4. The maximum absolute atomic E-state index is 11.2. The molecule has 0 bridgehead atoms. The molecule has 122 valence electrons. The number of methoxy groups -OCH3 is 1. The lowest BCUT2D eigenvalue weighted by Crippen LogP contribution is -2.38. The first-order valence-corrected chi connectivity index (χ1v) is 8.57. The Hall–Kier alpha value is -0.890. The van der Waals surface area contributed by atoms with Crippen LogP contribution in [0, 0.1) is 9.49 Å². The summed E-state index contributed by atoms with van der Waals surface area (Å²) in [4.78, 5) is 16.9. The molecule has 22 heavy (non-hydrogen) atoms. The summed E-state index contributed by atoms with van der Waals surface area (Å²) in [6.45, 7) is -1.52. The summed E-state index contributed by atoms with van der Waals surface area (Å²) in [5.74, 6) is 0.532. The number of carbonyl (C=O) groups is 1. The zero-order valence-corrected chi connectivity index (χ0v) is 14.9. The van der Waals surface area contributed by atoms with Gasteiger partial charge in [-0.15, -0.1) is 0 Å². The second-order valence-corrected chi connectivity index (χ2v) is 6.87. The monoisotopic (exact) mass is 420 g/mol. The Bertz CT molecular complexity index is 561. The molecule has 0 unspecified atom stereocenters. The van der Waals surface area contributed by atoms with Crippen molar-refractivity contribution in [3.8, 4) is 0 Å². The van der Waals surface area contributed by atoms with Gasteiger partial charge in [-0.05, 0) is 66.3 Å². The number of esters is 1. The fourth-order valence-corrected chi connectivity index (χ4v) is 3.05. The van der Waals surface area contributed by atoms with Crippen LogP contribution in [0.2, 0.25) is 0 Å². The fourth-order valence-electron chi connectivity index (χ4n) is 2.73. The fraction of sp³-hybridized carbons (Fsp3) is 0.625. The molecule has 1 saturated carbocycles. The van der Waals surface area contributed by atoms with Crippen molar-refractivity contribution in [3.63, 3.8) is 0 Å². The first-order chi connectivity index (χ1) is 11.8. The molecule has 1 aliphatic rings. The predicted molar refractivity (Wildman–Crippen MR) is 96.0 cm³/mol. The van der Waals surface area contributed by atoms with Gasteiger partial charge in [-0.1, -0.05) is 0 Å². The lowest BCUT2D eigenvalue weighted by molar-refractivity contribution is -0.139. The molecule has 1 N–H and O–H groups in total. The van der Waals surface area contributed by atoms with Crippen LogP contribution in [0.1, 0.15) is 29.8 Å². The number of nitrogens with one attached hydrogen (secondary N) is 1. The second kappa shape index (κ2) is 8.67. The summed E-state index contributed by atoms with van der Waals surface area (Å²) in [6.07, 6.45) is 5.39. The number of nitrogens with zero attached hydrogens (tertiary/aromatic N) is 2. The first-order valence-electron chi connectivity index (χ1n) is 8.99. The van der Waals surface area contributed by atoms with Gasteiger partial charge in [0.05, 0.1) is 13.7 Å². The molecule has 1 aromatic rings. The summed E-state index contributed by atoms with van der Waals surface area (Å²) in [7, 11) is 1.38. The molecule has 1 fully saturated rings. The van der Waals surface area contributed by atoms with E-state index in [0.29, 0.717) is 18.3 Å². The summed E-state index contributed by atoms with van der Waals surface area (Å²) in [5, 5.41) is 3.20. The molecule has 1 aromatic heterocycles. The average molecular weight is 420 g/mol. The summed E-state index contributed by atoms with van der Waals surface area (Å²) in [5.41, 5.74) is 0. The van der Waals surface area contributed by atoms with Crippen molar-refractivity contribution in [2.45, 2.75) is 31.7 Å². The van der Waals surface area contributed by atoms with E-state index >= 15 is 0 Å². The van der Waals surface area contributed by atoms with Crippen molar-refractivity contribution in [1.82, 2.24) is 10.3 Å². The lowest BCUT2D eigenvalue weighted by Gasteiger charge is -2.32. The third kappa shape index (κ3) is 5.39. The van der Waals surface area contributed by atoms with E-state index in [1.165, 1.54) is 12.0 Å². The van der Waals surface area contributed by atoms with Crippen molar-refractivity contribution in [1.29, 1.82) is 0 Å². The van der Waals surface area contributed by atoms with Crippen molar-refractivity contribution in [3.05, 3.63) is 21.9 Å². The van der Waals surface area contributed by atoms with E-state index in [0.717, 1.165) is 29.3 Å². The Balaban J connectivity index is 1.91. The van der Waals surface area contributed by atoms with Crippen LogP contribution in [0.5, 0.6) is 0 Å². The van der Waals surface area contributed by atoms with Crippen molar-refractivity contribution < 1.29 is 13.6 Å². The molecular formula is C16H24IN3O2. The largest absolute Gasteiger partial charge is 0.468 e. The lowest BCUT2D eigenvalue weighted by atomic mass is 9.85. The van der Waals surface area contributed by atoms with Crippen LogP contribution in [0.15, 0.2) is 18.3 Å². The van der Waals surface area contributed by atoms with Gasteiger partial charge in [-0.25, -0.2) is 4.98 Å². The number of halogens is 1. The highest BCUT2D eigenvalue weighted by molar-refractivity contribution is 14.1. The van der Waals surface area contributed by atoms with Crippen molar-refractivity contribution in [2.75, 3.05) is 32.1 Å². The molecule has 5 nitrogen and oxygen atoms in total. The van der Waals surface area contributed by atoms with Gasteiger partial charge < -0.3 is 15.0 Å². The topological polar surface area (TPSA) is 54.5 Å². The van der Waals surface area contributed by atoms with Crippen LogP contribution in [0.4, 0.5) is 5.82 Å². The van der Waals surface area contributed by atoms with E-state index in [1.54, 1.807) is 12.3 Å². The van der Waals surface area contributed by atoms with E-state index in [1.807, 2.05) is 6.07 Å². The van der Waals surface area contributed by atoms with Gasteiger partial charge in [0.1, 0.15) is 5.82 Å². The third-order valence-electron chi connectivity index (χ3n) is 4.04. The Labute approximate surface area is 150 Å². The molecule has 1 heterocycles. The number of pyridine rings is 1. The first kappa shape index (κ1) is 13.5. The summed E-state index contributed by atoms with van der Waals surface area (Å²) < 4.78 is 29.1. The molecule has 0 spiro atoms. The van der Waals surface area contributed by atoms with Gasteiger partial charge >= 0.3 is 5.97 Å². The number of hydrogen-bond donors (Lipinski definition) is 1. The van der Waals surface area contributed by atoms with E-state index in [4.69, 9.17) is 4.11 Å². The molecule has 0 radical (unpaired) electrons. The Kier molecular flexibility index (Phi) is 5.33. The maximum Gasteiger partial charge on any atom is 0.319 e. The Morgan fingerprint density at radius 3 is 2.86 bits per heavy atom. The van der Waals surface area contributed by atoms with Gasteiger partial charge in [0.15, 0.2) is 0 Å². The number of rotatable bonds is 6. The molecule has 0 saturated heterocycles. The maximum atomic E-state index is 11.2. The minimum atomic E-state index is -2.21. The number of aromatic nitrogens is 1. The van der Waals surface area contributed by atoms with Gasteiger partial charge in [-0.3, -0.25) is 4.79 Å². The molecule has 0 atom stereocenters. The molecule has 1 aliphatic carbocycles. The standard InChI is InChI=1S/C16H24IN3O2/c1-20(15-8-5-13(17)9-19-15)11-12-3-6-14(7-4-12)18-10-16(21)22-2/h5,8-9,12,14,18H,3-4,6-7,10-11H2,1-2H3/i1D3. The number of anilines is 1. The van der Waals surface area contributed by atoms with Crippen molar-refractivity contribution >= 4 is 34.4 Å².